The normalized spacial score (nSPS) is 25.2. The number of rotatable bonds is 4. The quantitative estimate of drug-likeness (QED) is 0.835. The summed E-state index contributed by atoms with van der Waals surface area (Å²) >= 11 is 0. The van der Waals surface area contributed by atoms with Crippen LogP contribution in [0.2, 0.25) is 0 Å². The van der Waals surface area contributed by atoms with Gasteiger partial charge in [-0.05, 0) is 32.3 Å². The third-order valence-electron chi connectivity index (χ3n) is 3.34. The van der Waals surface area contributed by atoms with Crippen molar-refractivity contribution in [1.29, 1.82) is 0 Å². The highest BCUT2D eigenvalue weighted by Crippen LogP contribution is 2.19. The monoisotopic (exact) mass is 223 g/mol. The van der Waals surface area contributed by atoms with Gasteiger partial charge < -0.3 is 10.1 Å². The summed E-state index contributed by atoms with van der Waals surface area (Å²) in [5, 5.41) is 7.82. The number of aromatic nitrogens is 2. The summed E-state index contributed by atoms with van der Waals surface area (Å²) in [4.78, 5) is 0. The lowest BCUT2D eigenvalue weighted by Gasteiger charge is -2.14. The summed E-state index contributed by atoms with van der Waals surface area (Å²) in [6.07, 6.45) is 1.58. The third-order valence-corrected chi connectivity index (χ3v) is 3.34. The number of nitrogens with one attached hydrogen (secondary N) is 1. The second kappa shape index (κ2) is 4.97. The van der Waals surface area contributed by atoms with Crippen LogP contribution in [-0.4, -0.2) is 29.0 Å². The van der Waals surface area contributed by atoms with Crippen molar-refractivity contribution in [3.63, 3.8) is 0 Å². The zero-order valence-corrected chi connectivity index (χ0v) is 10.4. The SMILES string of the molecule is Cc1cc(CNCC2CCOC2C)n(C)n1. The first-order chi connectivity index (χ1) is 7.66. The average molecular weight is 223 g/mol. The molecule has 0 bridgehead atoms. The lowest BCUT2D eigenvalue weighted by atomic mass is 10.0. The summed E-state index contributed by atoms with van der Waals surface area (Å²) < 4.78 is 7.48. The Balaban J connectivity index is 1.77. The van der Waals surface area contributed by atoms with Gasteiger partial charge >= 0.3 is 0 Å². The van der Waals surface area contributed by atoms with E-state index >= 15 is 0 Å². The molecule has 1 saturated heterocycles. The van der Waals surface area contributed by atoms with Crippen molar-refractivity contribution in [2.24, 2.45) is 13.0 Å². The standard InChI is InChI=1S/C12H21N3O/c1-9-6-12(15(3)14-9)8-13-7-11-4-5-16-10(11)2/h6,10-11,13H,4-5,7-8H2,1-3H3. The molecule has 0 radical (unpaired) electrons. The van der Waals surface area contributed by atoms with Crippen molar-refractivity contribution in [3.8, 4) is 0 Å². The van der Waals surface area contributed by atoms with Crippen LogP contribution in [0.1, 0.15) is 24.7 Å². The molecule has 0 spiro atoms. The highest BCUT2D eigenvalue weighted by Gasteiger charge is 2.23. The van der Waals surface area contributed by atoms with E-state index in [-0.39, 0.29) is 0 Å². The minimum absolute atomic E-state index is 0.403. The number of hydrogen-bond acceptors (Lipinski definition) is 3. The number of aryl methyl sites for hydroxylation is 2. The van der Waals surface area contributed by atoms with Gasteiger partial charge in [0.25, 0.3) is 0 Å². The first-order valence-corrected chi connectivity index (χ1v) is 5.98. The summed E-state index contributed by atoms with van der Waals surface area (Å²) in [6.45, 7) is 7.02. The van der Waals surface area contributed by atoms with Crippen LogP contribution < -0.4 is 5.32 Å². The van der Waals surface area contributed by atoms with E-state index in [1.165, 1.54) is 12.1 Å². The van der Waals surface area contributed by atoms with Crippen LogP contribution in [-0.2, 0) is 18.3 Å². The van der Waals surface area contributed by atoms with Crippen LogP contribution in [0.4, 0.5) is 0 Å². The van der Waals surface area contributed by atoms with E-state index in [9.17, 15) is 0 Å². The van der Waals surface area contributed by atoms with Gasteiger partial charge in [0.2, 0.25) is 0 Å². The fourth-order valence-electron chi connectivity index (χ4n) is 2.26. The highest BCUT2D eigenvalue weighted by molar-refractivity contribution is 5.08. The molecule has 2 rings (SSSR count). The van der Waals surface area contributed by atoms with Crippen LogP contribution in [0.3, 0.4) is 0 Å². The van der Waals surface area contributed by atoms with Crippen molar-refractivity contribution in [3.05, 3.63) is 17.5 Å². The smallest absolute Gasteiger partial charge is 0.0597 e. The maximum absolute atomic E-state index is 5.54. The highest BCUT2D eigenvalue weighted by atomic mass is 16.5. The van der Waals surface area contributed by atoms with E-state index in [1.807, 2.05) is 18.7 Å². The fraction of sp³-hybridized carbons (Fsp3) is 0.750. The topological polar surface area (TPSA) is 39.1 Å². The molecule has 1 aliphatic heterocycles. The van der Waals surface area contributed by atoms with E-state index in [0.717, 1.165) is 25.4 Å². The molecule has 4 heteroatoms. The third kappa shape index (κ3) is 2.62. The minimum atomic E-state index is 0.403. The molecule has 1 aromatic rings. The zero-order valence-electron chi connectivity index (χ0n) is 10.4. The fourth-order valence-corrected chi connectivity index (χ4v) is 2.26. The van der Waals surface area contributed by atoms with E-state index in [0.29, 0.717) is 12.0 Å². The Morgan fingerprint density at radius 3 is 3.00 bits per heavy atom. The van der Waals surface area contributed by atoms with Crippen molar-refractivity contribution >= 4 is 0 Å². The van der Waals surface area contributed by atoms with Gasteiger partial charge in [-0.3, -0.25) is 4.68 Å². The Morgan fingerprint density at radius 1 is 1.62 bits per heavy atom. The number of hydrogen-bond donors (Lipinski definition) is 1. The molecule has 0 aromatic carbocycles. The van der Waals surface area contributed by atoms with Gasteiger partial charge in [-0.15, -0.1) is 0 Å². The Bertz CT molecular complexity index is 348. The molecule has 2 heterocycles. The lowest BCUT2D eigenvalue weighted by Crippen LogP contribution is -2.27. The molecule has 0 saturated carbocycles. The molecule has 2 unspecified atom stereocenters. The largest absolute Gasteiger partial charge is 0.378 e. The second-order valence-corrected chi connectivity index (χ2v) is 4.66. The Labute approximate surface area is 97.0 Å². The van der Waals surface area contributed by atoms with Crippen LogP contribution >= 0.6 is 0 Å². The lowest BCUT2D eigenvalue weighted by molar-refractivity contribution is 0.105. The maximum atomic E-state index is 5.54. The van der Waals surface area contributed by atoms with Gasteiger partial charge in [0, 0.05) is 26.7 Å². The minimum Gasteiger partial charge on any atom is -0.378 e. The summed E-state index contributed by atoms with van der Waals surface area (Å²) in [7, 11) is 1.99. The van der Waals surface area contributed by atoms with E-state index < -0.39 is 0 Å². The van der Waals surface area contributed by atoms with Gasteiger partial charge in [0.05, 0.1) is 17.5 Å². The van der Waals surface area contributed by atoms with E-state index in [1.54, 1.807) is 0 Å². The maximum Gasteiger partial charge on any atom is 0.0597 e. The Kier molecular flexibility index (Phi) is 3.61. The summed E-state index contributed by atoms with van der Waals surface area (Å²) in [5.74, 6) is 0.661. The molecule has 0 aliphatic carbocycles. The van der Waals surface area contributed by atoms with Crippen molar-refractivity contribution in [2.75, 3.05) is 13.2 Å². The van der Waals surface area contributed by atoms with Crippen molar-refractivity contribution in [2.45, 2.75) is 32.9 Å². The van der Waals surface area contributed by atoms with Crippen LogP contribution in [0.25, 0.3) is 0 Å². The molecule has 2 atom stereocenters. The molecule has 0 amide bonds. The summed E-state index contributed by atoms with van der Waals surface area (Å²) in [6, 6.07) is 2.13. The first-order valence-electron chi connectivity index (χ1n) is 5.98. The molecule has 90 valence electrons. The van der Waals surface area contributed by atoms with Crippen LogP contribution in [0.5, 0.6) is 0 Å². The molecule has 1 N–H and O–H groups in total. The average Bonchev–Trinajstić information content (AvgIpc) is 2.75. The van der Waals surface area contributed by atoms with Gasteiger partial charge in [-0.2, -0.15) is 5.10 Å². The predicted molar refractivity (Wildman–Crippen MR) is 63.2 cm³/mol. The van der Waals surface area contributed by atoms with E-state index in [4.69, 9.17) is 4.74 Å². The van der Waals surface area contributed by atoms with Crippen molar-refractivity contribution < 1.29 is 4.74 Å². The Morgan fingerprint density at radius 2 is 2.44 bits per heavy atom. The Hall–Kier alpha value is -0.870. The molecule has 16 heavy (non-hydrogen) atoms. The zero-order chi connectivity index (χ0) is 11.5. The molecule has 1 fully saturated rings. The number of nitrogens with zero attached hydrogens (tertiary/aromatic N) is 2. The van der Waals surface area contributed by atoms with Gasteiger partial charge in [0.15, 0.2) is 0 Å². The van der Waals surface area contributed by atoms with E-state index in [2.05, 4.69) is 23.4 Å². The second-order valence-electron chi connectivity index (χ2n) is 4.66. The summed E-state index contributed by atoms with van der Waals surface area (Å²) in [5.41, 5.74) is 2.32. The van der Waals surface area contributed by atoms with Crippen molar-refractivity contribution in [1.82, 2.24) is 15.1 Å². The molecule has 4 nitrogen and oxygen atoms in total. The van der Waals surface area contributed by atoms with Crippen LogP contribution in [0, 0.1) is 12.8 Å². The number of ether oxygens (including phenoxy) is 1. The molecular weight excluding hydrogens is 202 g/mol. The van der Waals surface area contributed by atoms with Crippen LogP contribution in [0.15, 0.2) is 6.07 Å². The molecule has 1 aliphatic rings. The van der Waals surface area contributed by atoms with Gasteiger partial charge in [-0.1, -0.05) is 0 Å². The predicted octanol–water partition coefficient (Wildman–Crippen LogP) is 1.24. The molecular formula is C12H21N3O. The molecule has 1 aromatic heterocycles. The first kappa shape index (κ1) is 11.6. The van der Waals surface area contributed by atoms with Gasteiger partial charge in [0.1, 0.15) is 0 Å². The van der Waals surface area contributed by atoms with Gasteiger partial charge in [-0.25, -0.2) is 0 Å².